The van der Waals surface area contributed by atoms with Crippen molar-refractivity contribution in [1.29, 1.82) is 0 Å². The molecule has 0 radical (unpaired) electrons. The van der Waals surface area contributed by atoms with Gasteiger partial charge in [0.25, 0.3) is 0 Å². The van der Waals surface area contributed by atoms with Gasteiger partial charge in [0.15, 0.2) is 0 Å². The molecule has 0 aromatic heterocycles. The molecule has 0 fully saturated rings. The monoisotopic (exact) mass is 568 g/mol. The predicted octanol–water partition coefficient (Wildman–Crippen LogP) is 0.924. The molecule has 0 saturated heterocycles. The van der Waals surface area contributed by atoms with Crippen molar-refractivity contribution in [2.24, 2.45) is 0 Å². The summed E-state index contributed by atoms with van der Waals surface area (Å²) in [6.07, 6.45) is 0. The molecule has 0 amide bonds. The minimum absolute atomic E-state index is 0.0702. The number of rotatable bonds is 2. The Morgan fingerprint density at radius 2 is 1.29 bits per heavy atom. The van der Waals surface area contributed by atoms with Crippen LogP contribution in [0.5, 0.6) is 0 Å². The Labute approximate surface area is 114 Å². The number of carbonyl (C=O) groups is 2. The van der Waals surface area contributed by atoms with Crippen molar-refractivity contribution >= 4 is 11.9 Å². The molecule has 0 aliphatic rings. The van der Waals surface area contributed by atoms with E-state index in [0.29, 0.717) is 0 Å². The Kier molecular flexibility index (Phi) is 5.01. The minimum atomic E-state index is -0.442. The molecule has 0 bridgehead atoms. The van der Waals surface area contributed by atoms with Gasteiger partial charge in [-0.2, -0.15) is 0 Å². The Morgan fingerprint density at radius 1 is 0.929 bits per heavy atom. The third-order valence-electron chi connectivity index (χ3n) is 1.63. The van der Waals surface area contributed by atoms with E-state index in [4.69, 9.17) is 5.29 Å². The molecule has 0 unspecified atom stereocenters. The molecular weight excluding hydrogens is 561 g/mol. The SMILES string of the molecule is O=C([O][Hg])c1ccccc1C(=O)[O][Hg]. The molecule has 6 heteroatoms. The van der Waals surface area contributed by atoms with Crippen LogP contribution in [0, 0.1) is 0 Å². The number of hydrogen-bond acceptors (Lipinski definition) is 4. The molecule has 0 N–H and O–H groups in total. The third kappa shape index (κ3) is 2.76. The van der Waals surface area contributed by atoms with E-state index >= 15 is 0 Å². The Hall–Kier alpha value is 0.0301. The molecule has 64 valence electrons. The summed E-state index contributed by atoms with van der Waals surface area (Å²) in [5, 5.41) is 0. The van der Waals surface area contributed by atoms with Crippen LogP contribution in [-0.2, 0) is 58.4 Å². The zero-order chi connectivity index (χ0) is 10.6. The summed E-state index contributed by atoms with van der Waals surface area (Å²) in [5.41, 5.74) is 0.580. The van der Waals surface area contributed by atoms with Crippen molar-refractivity contribution in [3.8, 4) is 0 Å². The Bertz CT molecular complexity index is 329. The molecule has 0 saturated carbocycles. The van der Waals surface area contributed by atoms with Gasteiger partial charge < -0.3 is 0 Å². The molecule has 14 heavy (non-hydrogen) atoms. The first-order valence-electron chi connectivity index (χ1n) is 3.72. The van der Waals surface area contributed by atoms with Gasteiger partial charge in [-0.15, -0.1) is 0 Å². The van der Waals surface area contributed by atoms with Crippen molar-refractivity contribution < 1.29 is 68.0 Å². The van der Waals surface area contributed by atoms with Gasteiger partial charge in [0.05, 0.1) is 0 Å². The first kappa shape index (κ1) is 12.1. The van der Waals surface area contributed by atoms with E-state index in [-0.39, 0.29) is 64.3 Å². The van der Waals surface area contributed by atoms with E-state index < -0.39 is 11.9 Å². The third-order valence-corrected chi connectivity index (χ3v) is 3.67. The predicted molar refractivity (Wildman–Crippen MR) is 37.3 cm³/mol. The fourth-order valence-corrected chi connectivity index (χ4v) is 2.20. The van der Waals surface area contributed by atoms with E-state index in [9.17, 15) is 9.59 Å². The number of hydrogen-bond donors (Lipinski definition) is 0. The molecule has 4 nitrogen and oxygen atoms in total. The number of benzene rings is 1. The van der Waals surface area contributed by atoms with E-state index in [1.165, 1.54) is 0 Å². The molecule has 0 aliphatic heterocycles. The van der Waals surface area contributed by atoms with Crippen LogP contribution in [0.1, 0.15) is 20.7 Å². The molecule has 0 atom stereocenters. The van der Waals surface area contributed by atoms with Crippen LogP contribution >= 0.6 is 0 Å². The van der Waals surface area contributed by atoms with Crippen LogP contribution in [0.2, 0.25) is 0 Å². The van der Waals surface area contributed by atoms with E-state index in [1.807, 2.05) is 0 Å². The molecule has 1 aromatic carbocycles. The van der Waals surface area contributed by atoms with Gasteiger partial charge in [0.2, 0.25) is 0 Å². The Balaban J connectivity index is 3.15. The molecule has 1 aromatic rings. The van der Waals surface area contributed by atoms with Crippen molar-refractivity contribution in [3.05, 3.63) is 35.4 Å². The first-order chi connectivity index (χ1) is 6.70. The van der Waals surface area contributed by atoms with Crippen molar-refractivity contribution in [3.63, 3.8) is 0 Å². The maximum atomic E-state index is 11.3. The van der Waals surface area contributed by atoms with Crippen molar-refractivity contribution in [2.45, 2.75) is 0 Å². The quantitative estimate of drug-likeness (QED) is 0.502. The van der Waals surface area contributed by atoms with Gasteiger partial charge in [-0.3, -0.25) is 0 Å². The van der Waals surface area contributed by atoms with Gasteiger partial charge >= 0.3 is 115 Å². The van der Waals surface area contributed by atoms with Crippen LogP contribution in [0.15, 0.2) is 24.3 Å². The second kappa shape index (κ2) is 5.80. The fraction of sp³-hybridized carbons (Fsp3) is 0. The summed E-state index contributed by atoms with van der Waals surface area (Å²) in [4.78, 5) is 22.6. The van der Waals surface area contributed by atoms with Gasteiger partial charge in [-0.25, -0.2) is 0 Å². The summed E-state index contributed by atoms with van der Waals surface area (Å²) in [5.74, 6) is -0.884. The first-order valence-corrected chi connectivity index (χ1v) is 8.21. The van der Waals surface area contributed by atoms with Gasteiger partial charge in [0.1, 0.15) is 0 Å². The van der Waals surface area contributed by atoms with E-state index in [2.05, 4.69) is 0 Å². The van der Waals surface area contributed by atoms with Gasteiger partial charge in [-0.1, -0.05) is 0 Å². The van der Waals surface area contributed by atoms with Gasteiger partial charge in [0, 0.05) is 0 Å². The molecule has 0 aliphatic carbocycles. The van der Waals surface area contributed by atoms with E-state index in [0.717, 1.165) is 0 Å². The van der Waals surface area contributed by atoms with Crippen LogP contribution in [0.4, 0.5) is 0 Å². The molecular formula is C8H4Hg2O4. The normalized spacial score (nSPS) is 9.43. The molecule has 0 heterocycles. The van der Waals surface area contributed by atoms with Crippen LogP contribution in [0.25, 0.3) is 0 Å². The second-order valence-electron chi connectivity index (χ2n) is 2.41. The standard InChI is InChI=1S/C8H6O4.2Hg/c9-7(10)5-3-1-2-4-6(5)8(11)12;;/h1-4H,(H,9,10)(H,11,12);;/q;2*+1/p-2. The van der Waals surface area contributed by atoms with Gasteiger partial charge in [-0.05, 0) is 0 Å². The Morgan fingerprint density at radius 3 is 1.57 bits per heavy atom. The van der Waals surface area contributed by atoms with Crippen LogP contribution in [-0.4, -0.2) is 11.9 Å². The van der Waals surface area contributed by atoms with Crippen LogP contribution < -0.4 is 0 Å². The average molecular weight is 565 g/mol. The summed E-state index contributed by atoms with van der Waals surface area (Å²) >= 11 is -0.140. The maximum absolute atomic E-state index is 11.3. The average Bonchev–Trinajstić information content (AvgIpc) is 2.27. The topological polar surface area (TPSA) is 52.6 Å². The summed E-state index contributed by atoms with van der Waals surface area (Å²) in [6.45, 7) is 0. The number of carbonyl (C=O) groups excluding carboxylic acids is 2. The molecule has 0 spiro atoms. The van der Waals surface area contributed by atoms with E-state index in [1.54, 1.807) is 24.3 Å². The second-order valence-corrected chi connectivity index (χ2v) is 4.65. The van der Waals surface area contributed by atoms with Crippen LogP contribution in [0.3, 0.4) is 0 Å². The summed E-state index contributed by atoms with van der Waals surface area (Å²) in [7, 11) is 0. The molecule has 1 rings (SSSR count). The zero-order valence-electron chi connectivity index (χ0n) is 7.36. The zero-order valence-corrected chi connectivity index (χ0v) is 18.4. The summed E-state index contributed by atoms with van der Waals surface area (Å²) < 4.78 is 9.47. The fourth-order valence-electron chi connectivity index (χ4n) is 0.995. The van der Waals surface area contributed by atoms with Crippen molar-refractivity contribution in [2.75, 3.05) is 0 Å². The summed E-state index contributed by atoms with van der Waals surface area (Å²) in [6, 6.07) is 6.51. The van der Waals surface area contributed by atoms with Crippen molar-refractivity contribution in [1.82, 2.24) is 0 Å².